The standard InChI is InChI=1S/C14H28N2O2/c1-8-14(9-2,12(7)17)15-13(18)16(10(3)4)11(5)6/h10-11H,8-9H2,1-7H3,(H,15,18). The van der Waals surface area contributed by atoms with Gasteiger partial charge in [-0.15, -0.1) is 0 Å². The van der Waals surface area contributed by atoms with Crippen LogP contribution in [0.25, 0.3) is 0 Å². The Bertz CT molecular complexity index is 286. The van der Waals surface area contributed by atoms with E-state index in [0.29, 0.717) is 12.8 Å². The van der Waals surface area contributed by atoms with Gasteiger partial charge in [0.2, 0.25) is 0 Å². The van der Waals surface area contributed by atoms with Crippen LogP contribution in [0.3, 0.4) is 0 Å². The van der Waals surface area contributed by atoms with E-state index in [9.17, 15) is 9.59 Å². The maximum atomic E-state index is 12.3. The first-order valence-electron chi connectivity index (χ1n) is 6.83. The number of carbonyl (C=O) groups is 2. The van der Waals surface area contributed by atoms with E-state index in [1.807, 2.05) is 41.5 Å². The van der Waals surface area contributed by atoms with Crippen molar-refractivity contribution in [3.63, 3.8) is 0 Å². The highest BCUT2D eigenvalue weighted by Gasteiger charge is 2.35. The summed E-state index contributed by atoms with van der Waals surface area (Å²) >= 11 is 0. The van der Waals surface area contributed by atoms with Crippen molar-refractivity contribution >= 4 is 11.8 Å². The van der Waals surface area contributed by atoms with Crippen LogP contribution in [0.5, 0.6) is 0 Å². The highest BCUT2D eigenvalue weighted by atomic mass is 16.2. The third-order valence-corrected chi connectivity index (χ3v) is 3.57. The summed E-state index contributed by atoms with van der Waals surface area (Å²) in [6.45, 7) is 13.3. The van der Waals surface area contributed by atoms with E-state index < -0.39 is 5.54 Å². The lowest BCUT2D eigenvalue weighted by atomic mass is 9.89. The van der Waals surface area contributed by atoms with Gasteiger partial charge in [-0.2, -0.15) is 0 Å². The molecule has 0 aliphatic heterocycles. The third-order valence-electron chi connectivity index (χ3n) is 3.57. The zero-order valence-electron chi connectivity index (χ0n) is 12.8. The molecular formula is C14H28N2O2. The average molecular weight is 256 g/mol. The molecule has 1 N–H and O–H groups in total. The average Bonchev–Trinajstić information content (AvgIpc) is 2.24. The molecule has 0 rings (SSSR count). The van der Waals surface area contributed by atoms with Crippen molar-refractivity contribution in [3.05, 3.63) is 0 Å². The Morgan fingerprint density at radius 3 is 1.67 bits per heavy atom. The van der Waals surface area contributed by atoms with E-state index in [1.54, 1.807) is 11.8 Å². The minimum atomic E-state index is -0.723. The van der Waals surface area contributed by atoms with Crippen molar-refractivity contribution < 1.29 is 9.59 Å². The second-order valence-electron chi connectivity index (χ2n) is 5.37. The van der Waals surface area contributed by atoms with Crippen molar-refractivity contribution in [1.29, 1.82) is 0 Å². The molecule has 0 saturated carbocycles. The smallest absolute Gasteiger partial charge is 0.318 e. The molecule has 0 heterocycles. The Morgan fingerprint density at radius 2 is 1.44 bits per heavy atom. The molecule has 2 amide bonds. The van der Waals surface area contributed by atoms with Gasteiger partial charge >= 0.3 is 6.03 Å². The van der Waals surface area contributed by atoms with E-state index in [4.69, 9.17) is 0 Å². The Morgan fingerprint density at radius 1 is 1.06 bits per heavy atom. The molecular weight excluding hydrogens is 228 g/mol. The Balaban J connectivity index is 5.05. The van der Waals surface area contributed by atoms with Crippen LogP contribution in [0.2, 0.25) is 0 Å². The fraction of sp³-hybridized carbons (Fsp3) is 0.857. The van der Waals surface area contributed by atoms with Crippen molar-refractivity contribution in [3.8, 4) is 0 Å². The number of hydrogen-bond donors (Lipinski definition) is 1. The molecule has 0 radical (unpaired) electrons. The van der Waals surface area contributed by atoms with Crippen molar-refractivity contribution in [2.45, 2.75) is 78.9 Å². The topological polar surface area (TPSA) is 49.4 Å². The first kappa shape index (κ1) is 16.9. The third kappa shape index (κ3) is 3.72. The number of rotatable bonds is 6. The predicted octanol–water partition coefficient (Wildman–Crippen LogP) is 2.96. The van der Waals surface area contributed by atoms with Gasteiger partial charge in [-0.05, 0) is 47.5 Å². The summed E-state index contributed by atoms with van der Waals surface area (Å²) in [7, 11) is 0. The van der Waals surface area contributed by atoms with Gasteiger partial charge in [0.15, 0.2) is 5.78 Å². The highest BCUT2D eigenvalue weighted by molar-refractivity contribution is 5.91. The monoisotopic (exact) mass is 256 g/mol. The van der Waals surface area contributed by atoms with Gasteiger partial charge in [0.1, 0.15) is 0 Å². The normalized spacial score (nSPS) is 11.8. The Hall–Kier alpha value is -1.06. The summed E-state index contributed by atoms with van der Waals surface area (Å²) < 4.78 is 0. The van der Waals surface area contributed by atoms with Crippen LogP contribution in [-0.2, 0) is 4.79 Å². The summed E-state index contributed by atoms with van der Waals surface area (Å²) in [4.78, 5) is 25.9. The van der Waals surface area contributed by atoms with Gasteiger partial charge in [-0.25, -0.2) is 4.79 Å². The van der Waals surface area contributed by atoms with Crippen molar-refractivity contribution in [2.75, 3.05) is 0 Å². The highest BCUT2D eigenvalue weighted by Crippen LogP contribution is 2.18. The molecule has 0 bridgehead atoms. The first-order chi connectivity index (χ1) is 8.21. The van der Waals surface area contributed by atoms with Crippen molar-refractivity contribution in [2.24, 2.45) is 0 Å². The number of urea groups is 1. The zero-order valence-corrected chi connectivity index (χ0v) is 12.8. The molecule has 0 atom stereocenters. The van der Waals surface area contributed by atoms with Gasteiger partial charge in [-0.3, -0.25) is 4.79 Å². The molecule has 0 aliphatic rings. The van der Waals surface area contributed by atoms with Crippen LogP contribution < -0.4 is 5.32 Å². The number of amides is 2. The summed E-state index contributed by atoms with van der Waals surface area (Å²) in [6.07, 6.45) is 1.24. The predicted molar refractivity (Wildman–Crippen MR) is 74.6 cm³/mol. The van der Waals surface area contributed by atoms with Crippen LogP contribution in [0.4, 0.5) is 4.79 Å². The molecule has 0 fully saturated rings. The van der Waals surface area contributed by atoms with E-state index in [2.05, 4.69) is 5.32 Å². The maximum Gasteiger partial charge on any atom is 0.318 e. The van der Waals surface area contributed by atoms with Crippen LogP contribution in [0.1, 0.15) is 61.3 Å². The molecule has 0 spiro atoms. The molecule has 0 unspecified atom stereocenters. The molecule has 4 heteroatoms. The lowest BCUT2D eigenvalue weighted by Crippen LogP contribution is -2.59. The molecule has 0 aromatic heterocycles. The minimum absolute atomic E-state index is 0.0216. The second-order valence-corrected chi connectivity index (χ2v) is 5.37. The summed E-state index contributed by atoms with van der Waals surface area (Å²) in [5.74, 6) is 0.0216. The van der Waals surface area contributed by atoms with Gasteiger partial charge in [0, 0.05) is 12.1 Å². The number of Topliss-reactive ketones (excluding diaryl/α,β-unsaturated/α-hetero) is 1. The number of nitrogens with one attached hydrogen (secondary N) is 1. The van der Waals surface area contributed by atoms with Crippen LogP contribution >= 0.6 is 0 Å². The Kier molecular flexibility index (Phi) is 6.36. The minimum Gasteiger partial charge on any atom is -0.325 e. The fourth-order valence-corrected chi connectivity index (χ4v) is 2.35. The van der Waals surface area contributed by atoms with Crippen LogP contribution in [0, 0.1) is 0 Å². The molecule has 0 aliphatic carbocycles. The SMILES string of the molecule is CCC(CC)(NC(=O)N(C(C)C)C(C)C)C(C)=O. The largest absolute Gasteiger partial charge is 0.325 e. The summed E-state index contributed by atoms with van der Waals surface area (Å²) in [5, 5.41) is 2.93. The fourth-order valence-electron chi connectivity index (χ4n) is 2.35. The van der Waals surface area contributed by atoms with Crippen molar-refractivity contribution in [1.82, 2.24) is 10.2 Å². The Labute approximate surface area is 111 Å². The quantitative estimate of drug-likeness (QED) is 0.794. The van der Waals surface area contributed by atoms with Gasteiger partial charge in [0.05, 0.1) is 5.54 Å². The van der Waals surface area contributed by atoms with E-state index >= 15 is 0 Å². The molecule has 0 aromatic rings. The van der Waals surface area contributed by atoms with E-state index in [1.165, 1.54) is 0 Å². The lowest BCUT2D eigenvalue weighted by molar-refractivity contribution is -0.123. The number of ketones is 1. The van der Waals surface area contributed by atoms with E-state index in [-0.39, 0.29) is 23.9 Å². The molecule has 0 aromatic carbocycles. The van der Waals surface area contributed by atoms with Gasteiger partial charge < -0.3 is 10.2 Å². The number of carbonyl (C=O) groups excluding carboxylic acids is 2. The summed E-state index contributed by atoms with van der Waals surface area (Å²) in [5.41, 5.74) is -0.723. The van der Waals surface area contributed by atoms with Gasteiger partial charge in [0.25, 0.3) is 0 Å². The molecule has 106 valence electrons. The second kappa shape index (κ2) is 6.76. The molecule has 4 nitrogen and oxygen atoms in total. The molecule has 0 saturated heterocycles. The first-order valence-corrected chi connectivity index (χ1v) is 6.83. The zero-order chi connectivity index (χ0) is 14.5. The number of nitrogens with zero attached hydrogens (tertiary/aromatic N) is 1. The van der Waals surface area contributed by atoms with E-state index in [0.717, 1.165) is 0 Å². The van der Waals surface area contributed by atoms with Gasteiger partial charge in [-0.1, -0.05) is 13.8 Å². The molecule has 18 heavy (non-hydrogen) atoms. The lowest BCUT2D eigenvalue weighted by Gasteiger charge is -2.37. The van der Waals surface area contributed by atoms with Crippen LogP contribution in [0.15, 0.2) is 0 Å². The maximum absolute atomic E-state index is 12.3. The number of hydrogen-bond acceptors (Lipinski definition) is 2. The van der Waals surface area contributed by atoms with Crippen LogP contribution in [-0.4, -0.2) is 34.3 Å². The summed E-state index contributed by atoms with van der Waals surface area (Å²) in [6, 6.07) is 0.0747.